The van der Waals surface area contributed by atoms with Gasteiger partial charge in [-0.15, -0.1) is 0 Å². The minimum atomic E-state index is 0.286. The molecule has 1 unspecified atom stereocenters. The van der Waals surface area contributed by atoms with Crippen LogP contribution in [0.5, 0.6) is 0 Å². The first-order valence-electron chi connectivity index (χ1n) is 7.82. The summed E-state index contributed by atoms with van der Waals surface area (Å²) in [7, 11) is 2.01. The van der Waals surface area contributed by atoms with Crippen LogP contribution >= 0.6 is 0 Å². The molecule has 0 aliphatic rings. The van der Waals surface area contributed by atoms with Crippen molar-refractivity contribution in [2.75, 3.05) is 6.54 Å². The molecule has 1 atom stereocenters. The third-order valence-corrected chi connectivity index (χ3v) is 4.11. The van der Waals surface area contributed by atoms with Gasteiger partial charge in [0.1, 0.15) is 0 Å². The van der Waals surface area contributed by atoms with Gasteiger partial charge >= 0.3 is 0 Å². The Morgan fingerprint density at radius 1 is 1.29 bits per heavy atom. The van der Waals surface area contributed by atoms with E-state index in [0.29, 0.717) is 0 Å². The van der Waals surface area contributed by atoms with Gasteiger partial charge in [-0.2, -0.15) is 10.2 Å². The van der Waals surface area contributed by atoms with Gasteiger partial charge in [-0.1, -0.05) is 6.92 Å². The molecule has 2 aromatic heterocycles. The highest BCUT2D eigenvalue weighted by Gasteiger charge is 2.19. The second-order valence-corrected chi connectivity index (χ2v) is 5.56. The molecule has 21 heavy (non-hydrogen) atoms. The maximum Gasteiger partial charge on any atom is 0.0629 e. The zero-order chi connectivity index (χ0) is 15.4. The molecule has 0 aliphatic heterocycles. The molecule has 116 valence electrons. The smallest absolute Gasteiger partial charge is 0.0629 e. The lowest BCUT2D eigenvalue weighted by molar-refractivity contribution is 0.477. The van der Waals surface area contributed by atoms with E-state index in [9.17, 15) is 0 Å². The molecule has 0 spiro atoms. The van der Waals surface area contributed by atoms with Crippen molar-refractivity contribution in [2.45, 2.75) is 53.1 Å². The average molecular weight is 289 g/mol. The monoisotopic (exact) mass is 289 g/mol. The van der Waals surface area contributed by atoms with Crippen LogP contribution in [0, 0.1) is 13.8 Å². The second kappa shape index (κ2) is 6.89. The summed E-state index contributed by atoms with van der Waals surface area (Å²) in [5.74, 6) is 0. The Hall–Kier alpha value is -1.62. The first-order chi connectivity index (χ1) is 10.1. The first-order valence-corrected chi connectivity index (χ1v) is 7.82. The molecule has 0 aliphatic carbocycles. The standard InChI is InChI=1S/C16H27N5/c1-6-9-17-15(16-8-10-18-21(16)7-2)11-14-12(3)19-20(5)13(14)4/h8,10,15,17H,6-7,9,11H2,1-5H3. The Morgan fingerprint density at radius 2 is 2.05 bits per heavy atom. The largest absolute Gasteiger partial charge is 0.308 e. The van der Waals surface area contributed by atoms with Crippen molar-refractivity contribution in [3.63, 3.8) is 0 Å². The molecule has 2 aromatic rings. The third kappa shape index (κ3) is 3.35. The second-order valence-electron chi connectivity index (χ2n) is 5.56. The SMILES string of the molecule is CCCNC(Cc1c(C)nn(C)c1C)c1ccnn1CC. The summed E-state index contributed by atoms with van der Waals surface area (Å²) in [4.78, 5) is 0. The molecule has 5 nitrogen and oxygen atoms in total. The summed E-state index contributed by atoms with van der Waals surface area (Å²) in [6, 6.07) is 2.41. The average Bonchev–Trinajstić information content (AvgIpc) is 3.02. The van der Waals surface area contributed by atoms with E-state index in [1.54, 1.807) is 0 Å². The maximum absolute atomic E-state index is 4.53. The molecule has 0 aromatic carbocycles. The highest BCUT2D eigenvalue weighted by atomic mass is 15.3. The highest BCUT2D eigenvalue weighted by Crippen LogP contribution is 2.22. The van der Waals surface area contributed by atoms with E-state index >= 15 is 0 Å². The summed E-state index contributed by atoms with van der Waals surface area (Å²) >= 11 is 0. The third-order valence-electron chi connectivity index (χ3n) is 4.11. The summed E-state index contributed by atoms with van der Waals surface area (Å²) in [6.45, 7) is 10.5. The molecule has 2 rings (SSSR count). The molecule has 5 heteroatoms. The Kier molecular flexibility index (Phi) is 5.17. The first kappa shape index (κ1) is 15.8. The van der Waals surface area contributed by atoms with Crippen molar-refractivity contribution in [3.8, 4) is 0 Å². The van der Waals surface area contributed by atoms with Gasteiger partial charge in [0.25, 0.3) is 0 Å². The van der Waals surface area contributed by atoms with Crippen molar-refractivity contribution in [1.29, 1.82) is 0 Å². The van der Waals surface area contributed by atoms with Gasteiger partial charge in [0.2, 0.25) is 0 Å². The molecule has 0 fully saturated rings. The molecule has 0 radical (unpaired) electrons. The number of nitrogens with one attached hydrogen (secondary N) is 1. The zero-order valence-corrected chi connectivity index (χ0v) is 13.8. The van der Waals surface area contributed by atoms with Crippen LogP contribution in [0.3, 0.4) is 0 Å². The number of hydrogen-bond acceptors (Lipinski definition) is 3. The van der Waals surface area contributed by atoms with Crippen LogP contribution in [0.4, 0.5) is 0 Å². The number of aryl methyl sites for hydroxylation is 3. The van der Waals surface area contributed by atoms with Crippen LogP contribution < -0.4 is 5.32 Å². The molecule has 0 bridgehead atoms. The summed E-state index contributed by atoms with van der Waals surface area (Å²) in [6.07, 6.45) is 3.97. The molecule has 0 saturated heterocycles. The molecular formula is C16H27N5. The van der Waals surface area contributed by atoms with Crippen molar-refractivity contribution < 1.29 is 0 Å². The van der Waals surface area contributed by atoms with Crippen molar-refractivity contribution >= 4 is 0 Å². The van der Waals surface area contributed by atoms with E-state index in [2.05, 4.69) is 54.0 Å². The minimum Gasteiger partial charge on any atom is -0.308 e. The van der Waals surface area contributed by atoms with Crippen LogP contribution in [0.1, 0.15) is 49.0 Å². The minimum absolute atomic E-state index is 0.286. The Bertz CT molecular complexity index is 582. The van der Waals surface area contributed by atoms with Gasteiger partial charge in [-0.25, -0.2) is 0 Å². The number of hydrogen-bond donors (Lipinski definition) is 1. The lowest BCUT2D eigenvalue weighted by Crippen LogP contribution is -2.27. The summed E-state index contributed by atoms with van der Waals surface area (Å²) in [5, 5.41) is 12.6. The molecular weight excluding hydrogens is 262 g/mol. The van der Waals surface area contributed by atoms with Gasteiger partial charge in [-0.05, 0) is 51.8 Å². The van der Waals surface area contributed by atoms with Crippen LogP contribution in [-0.4, -0.2) is 26.1 Å². The van der Waals surface area contributed by atoms with Crippen LogP contribution in [-0.2, 0) is 20.0 Å². The van der Waals surface area contributed by atoms with E-state index < -0.39 is 0 Å². The quantitative estimate of drug-likeness (QED) is 0.852. The molecule has 0 saturated carbocycles. The van der Waals surface area contributed by atoms with E-state index in [4.69, 9.17) is 0 Å². The fraction of sp³-hybridized carbons (Fsp3) is 0.625. The van der Waals surface area contributed by atoms with Gasteiger partial charge in [0.15, 0.2) is 0 Å². The fourth-order valence-corrected chi connectivity index (χ4v) is 2.82. The van der Waals surface area contributed by atoms with E-state index in [0.717, 1.165) is 31.6 Å². The van der Waals surface area contributed by atoms with Crippen LogP contribution in [0.2, 0.25) is 0 Å². The lowest BCUT2D eigenvalue weighted by Gasteiger charge is -2.20. The predicted molar refractivity (Wildman–Crippen MR) is 85.3 cm³/mol. The van der Waals surface area contributed by atoms with E-state index in [-0.39, 0.29) is 6.04 Å². The molecule has 0 amide bonds. The number of nitrogens with zero attached hydrogens (tertiary/aromatic N) is 4. The predicted octanol–water partition coefficient (Wildman–Crippen LogP) is 2.54. The molecule has 1 N–H and O–H groups in total. The fourth-order valence-electron chi connectivity index (χ4n) is 2.82. The van der Waals surface area contributed by atoms with Crippen molar-refractivity contribution in [3.05, 3.63) is 34.9 Å². The topological polar surface area (TPSA) is 47.7 Å². The summed E-state index contributed by atoms with van der Waals surface area (Å²) in [5.41, 5.74) is 4.97. The Labute approximate surface area is 127 Å². The van der Waals surface area contributed by atoms with Crippen molar-refractivity contribution in [1.82, 2.24) is 24.9 Å². The number of rotatable bonds is 7. The highest BCUT2D eigenvalue weighted by molar-refractivity contribution is 5.27. The van der Waals surface area contributed by atoms with Gasteiger partial charge in [-0.3, -0.25) is 9.36 Å². The summed E-state index contributed by atoms with van der Waals surface area (Å²) < 4.78 is 4.05. The van der Waals surface area contributed by atoms with Crippen molar-refractivity contribution in [2.24, 2.45) is 7.05 Å². The normalized spacial score (nSPS) is 12.8. The van der Waals surface area contributed by atoms with Gasteiger partial charge in [0, 0.05) is 25.5 Å². The maximum atomic E-state index is 4.53. The van der Waals surface area contributed by atoms with Crippen LogP contribution in [0.15, 0.2) is 12.3 Å². The lowest BCUT2D eigenvalue weighted by atomic mass is 10.0. The van der Waals surface area contributed by atoms with E-state index in [1.165, 1.54) is 17.0 Å². The zero-order valence-electron chi connectivity index (χ0n) is 13.8. The Morgan fingerprint density at radius 3 is 2.62 bits per heavy atom. The van der Waals surface area contributed by atoms with Crippen LogP contribution in [0.25, 0.3) is 0 Å². The van der Waals surface area contributed by atoms with Gasteiger partial charge < -0.3 is 5.32 Å². The number of aromatic nitrogens is 4. The molecule has 2 heterocycles. The van der Waals surface area contributed by atoms with Gasteiger partial charge in [0.05, 0.1) is 17.4 Å². The Balaban J connectivity index is 2.28. The van der Waals surface area contributed by atoms with E-state index in [1.807, 2.05) is 17.9 Å².